The zero-order valence-electron chi connectivity index (χ0n) is 15.3. The Labute approximate surface area is 160 Å². The molecule has 2 aromatic rings. The smallest absolute Gasteiger partial charge is 0.247 e. The fraction of sp³-hybridized carbons (Fsp3) is 0.350. The van der Waals surface area contributed by atoms with Gasteiger partial charge in [0.1, 0.15) is 5.54 Å². The third-order valence-corrected chi connectivity index (χ3v) is 4.82. The lowest BCUT2D eigenvalue weighted by molar-refractivity contribution is -0.137. The third kappa shape index (κ3) is 3.64. The zero-order chi connectivity index (χ0) is 18.0. The molecule has 3 rings (SSSR count). The van der Waals surface area contributed by atoms with Gasteiger partial charge in [0.2, 0.25) is 5.91 Å². The summed E-state index contributed by atoms with van der Waals surface area (Å²) in [4.78, 5) is 14.9. The third-order valence-electron chi connectivity index (χ3n) is 4.82. The van der Waals surface area contributed by atoms with Crippen molar-refractivity contribution in [2.24, 2.45) is 5.73 Å². The second-order valence-corrected chi connectivity index (χ2v) is 6.52. The molecule has 1 atom stereocenters. The number of fused-ring (bicyclic) bond motifs is 1. The van der Waals surface area contributed by atoms with Crippen LogP contribution in [0.3, 0.4) is 0 Å². The van der Waals surface area contributed by atoms with Crippen LogP contribution in [0.25, 0.3) is 0 Å². The zero-order valence-corrected chi connectivity index (χ0v) is 16.1. The van der Waals surface area contributed by atoms with Gasteiger partial charge < -0.3 is 20.1 Å². The molecule has 1 unspecified atom stereocenters. The minimum atomic E-state index is -1.05. The highest BCUT2D eigenvalue weighted by molar-refractivity contribution is 5.87. The van der Waals surface area contributed by atoms with Crippen molar-refractivity contribution in [1.82, 2.24) is 4.90 Å². The summed E-state index contributed by atoms with van der Waals surface area (Å²) in [5.41, 5.74) is 8.42. The van der Waals surface area contributed by atoms with Crippen LogP contribution in [0.15, 0.2) is 42.5 Å². The van der Waals surface area contributed by atoms with Crippen molar-refractivity contribution in [3.05, 3.63) is 59.2 Å². The molecular weight excluding hydrogens is 352 g/mol. The Morgan fingerprint density at radius 1 is 1.08 bits per heavy atom. The van der Waals surface area contributed by atoms with Crippen molar-refractivity contribution in [1.29, 1.82) is 0 Å². The van der Waals surface area contributed by atoms with E-state index in [2.05, 4.69) is 0 Å². The number of ether oxygens (including phenoxy) is 2. The summed E-state index contributed by atoms with van der Waals surface area (Å²) in [6, 6.07) is 13.4. The van der Waals surface area contributed by atoms with Gasteiger partial charge in [-0.05, 0) is 42.2 Å². The molecule has 1 aliphatic heterocycles. The van der Waals surface area contributed by atoms with Crippen molar-refractivity contribution < 1.29 is 14.3 Å². The van der Waals surface area contributed by atoms with Crippen LogP contribution >= 0.6 is 12.4 Å². The summed E-state index contributed by atoms with van der Waals surface area (Å²) in [6.07, 6.45) is 0.770. The molecule has 0 aliphatic carbocycles. The van der Waals surface area contributed by atoms with Crippen molar-refractivity contribution >= 4 is 18.3 Å². The predicted molar refractivity (Wildman–Crippen MR) is 104 cm³/mol. The highest BCUT2D eigenvalue weighted by atomic mass is 35.5. The molecule has 0 aromatic heterocycles. The molecule has 140 valence electrons. The van der Waals surface area contributed by atoms with Gasteiger partial charge in [-0.15, -0.1) is 12.4 Å². The van der Waals surface area contributed by atoms with Gasteiger partial charge in [0.05, 0.1) is 14.2 Å². The van der Waals surface area contributed by atoms with E-state index >= 15 is 0 Å². The summed E-state index contributed by atoms with van der Waals surface area (Å²) >= 11 is 0. The normalized spacial score (nSPS) is 15.3. The van der Waals surface area contributed by atoms with Crippen molar-refractivity contribution in [3.8, 4) is 11.5 Å². The van der Waals surface area contributed by atoms with Gasteiger partial charge in [-0.25, -0.2) is 0 Å². The van der Waals surface area contributed by atoms with Gasteiger partial charge in [-0.1, -0.05) is 30.3 Å². The molecule has 1 heterocycles. The summed E-state index contributed by atoms with van der Waals surface area (Å²) in [6.45, 7) is 2.93. The number of rotatable bonds is 4. The minimum absolute atomic E-state index is 0. The molecule has 0 bridgehead atoms. The van der Waals surface area contributed by atoms with Gasteiger partial charge in [0, 0.05) is 13.1 Å². The summed E-state index contributed by atoms with van der Waals surface area (Å²) in [5, 5.41) is 0. The molecule has 2 aromatic carbocycles. The number of hydrogen-bond donors (Lipinski definition) is 1. The Hall–Kier alpha value is -2.24. The molecule has 1 amide bonds. The maximum atomic E-state index is 13.1. The Morgan fingerprint density at radius 3 is 2.23 bits per heavy atom. The van der Waals surface area contributed by atoms with Crippen LogP contribution in [0.1, 0.15) is 23.6 Å². The van der Waals surface area contributed by atoms with Crippen LogP contribution in [-0.4, -0.2) is 31.6 Å². The van der Waals surface area contributed by atoms with E-state index < -0.39 is 5.54 Å². The molecule has 26 heavy (non-hydrogen) atoms. The molecule has 0 saturated heterocycles. The van der Waals surface area contributed by atoms with E-state index in [1.807, 2.05) is 47.4 Å². The number of benzene rings is 2. The number of hydrogen-bond acceptors (Lipinski definition) is 4. The monoisotopic (exact) mass is 376 g/mol. The van der Waals surface area contributed by atoms with Crippen molar-refractivity contribution in [2.75, 3.05) is 20.8 Å². The van der Waals surface area contributed by atoms with Crippen molar-refractivity contribution in [3.63, 3.8) is 0 Å². The van der Waals surface area contributed by atoms with E-state index in [0.717, 1.165) is 17.5 Å². The fourth-order valence-corrected chi connectivity index (χ4v) is 3.29. The second-order valence-electron chi connectivity index (χ2n) is 6.52. The number of halogens is 1. The molecule has 1 aliphatic rings. The first-order valence-electron chi connectivity index (χ1n) is 8.35. The molecule has 5 nitrogen and oxygen atoms in total. The van der Waals surface area contributed by atoms with Gasteiger partial charge in [0.15, 0.2) is 11.5 Å². The fourth-order valence-electron chi connectivity index (χ4n) is 3.29. The molecule has 0 spiro atoms. The number of methoxy groups -OCH3 is 2. The average molecular weight is 377 g/mol. The molecule has 0 radical (unpaired) electrons. The van der Waals surface area contributed by atoms with E-state index in [1.54, 1.807) is 21.1 Å². The van der Waals surface area contributed by atoms with Crippen LogP contribution in [0, 0.1) is 0 Å². The predicted octanol–water partition coefficient (Wildman–Crippen LogP) is 2.88. The second kappa shape index (κ2) is 7.98. The Kier molecular flexibility index (Phi) is 6.16. The lowest BCUT2D eigenvalue weighted by Crippen LogP contribution is -2.52. The van der Waals surface area contributed by atoms with Crippen LogP contribution in [0.4, 0.5) is 0 Å². The number of nitrogens with two attached hydrogens (primary N) is 1. The SMILES string of the molecule is COc1cc2c(cc1OC)CN(C(=O)C(C)(N)c1ccccc1)CC2.Cl. The van der Waals surface area contributed by atoms with Crippen molar-refractivity contribution in [2.45, 2.75) is 25.4 Å². The molecule has 6 heteroatoms. The van der Waals surface area contributed by atoms with Crippen LogP contribution in [0.5, 0.6) is 11.5 Å². The van der Waals surface area contributed by atoms with Gasteiger partial charge in [-0.3, -0.25) is 4.79 Å². The Morgan fingerprint density at radius 2 is 1.65 bits per heavy atom. The maximum absolute atomic E-state index is 13.1. The Balaban J connectivity index is 0.00000243. The first-order valence-corrected chi connectivity index (χ1v) is 8.35. The average Bonchev–Trinajstić information content (AvgIpc) is 2.66. The number of amides is 1. The molecule has 0 saturated carbocycles. The Bertz CT molecular complexity index is 778. The highest BCUT2D eigenvalue weighted by Gasteiger charge is 2.35. The van der Waals surface area contributed by atoms with Crippen LogP contribution in [-0.2, 0) is 23.3 Å². The molecule has 2 N–H and O–H groups in total. The van der Waals surface area contributed by atoms with Crippen LogP contribution < -0.4 is 15.2 Å². The quantitative estimate of drug-likeness (QED) is 0.891. The largest absolute Gasteiger partial charge is 0.493 e. The maximum Gasteiger partial charge on any atom is 0.247 e. The van der Waals surface area contributed by atoms with E-state index in [1.165, 1.54) is 5.56 Å². The van der Waals surface area contributed by atoms with E-state index in [4.69, 9.17) is 15.2 Å². The summed E-state index contributed by atoms with van der Waals surface area (Å²) < 4.78 is 10.7. The number of nitrogens with zero attached hydrogens (tertiary/aromatic N) is 1. The van der Waals surface area contributed by atoms with Crippen LogP contribution in [0.2, 0.25) is 0 Å². The lowest BCUT2D eigenvalue weighted by Gasteiger charge is -2.35. The van der Waals surface area contributed by atoms with Gasteiger partial charge >= 0.3 is 0 Å². The molecular formula is C20H25ClN2O3. The lowest BCUT2D eigenvalue weighted by atomic mass is 9.90. The number of carbonyl (C=O) groups is 1. The minimum Gasteiger partial charge on any atom is -0.493 e. The van der Waals surface area contributed by atoms with E-state index in [9.17, 15) is 4.79 Å². The first kappa shape index (κ1) is 20.1. The first-order chi connectivity index (χ1) is 12.0. The molecule has 0 fully saturated rings. The summed E-state index contributed by atoms with van der Waals surface area (Å²) in [5.74, 6) is 1.32. The van der Waals surface area contributed by atoms with Gasteiger partial charge in [0.25, 0.3) is 0 Å². The van der Waals surface area contributed by atoms with E-state index in [0.29, 0.717) is 24.6 Å². The highest BCUT2D eigenvalue weighted by Crippen LogP contribution is 2.34. The topological polar surface area (TPSA) is 64.8 Å². The number of carbonyl (C=O) groups excluding carboxylic acids is 1. The van der Waals surface area contributed by atoms with Gasteiger partial charge in [-0.2, -0.15) is 0 Å². The van der Waals surface area contributed by atoms with E-state index in [-0.39, 0.29) is 18.3 Å². The standard InChI is InChI=1S/C20H24N2O3.ClH/c1-20(21,16-7-5-4-6-8-16)19(23)22-10-9-14-11-17(24-2)18(25-3)12-15(14)13-22;/h4-8,11-12H,9-10,13,21H2,1-3H3;1H. The summed E-state index contributed by atoms with van der Waals surface area (Å²) in [7, 11) is 3.24.